The Balaban J connectivity index is 1.27. The number of aliphatic hydroxyl groups excluding tert-OH is 2. The van der Waals surface area contributed by atoms with Crippen molar-refractivity contribution in [1.29, 1.82) is 0 Å². The summed E-state index contributed by atoms with van der Waals surface area (Å²) in [5.74, 6) is -7.20. The number of piperazine rings is 1. The van der Waals surface area contributed by atoms with Gasteiger partial charge in [0, 0.05) is 125 Å². The average Bonchev–Trinajstić information content (AvgIpc) is 3.97. The van der Waals surface area contributed by atoms with Gasteiger partial charge in [0.1, 0.15) is 28.6 Å². The van der Waals surface area contributed by atoms with Crippen LogP contribution in [0, 0.1) is 37.5 Å². The summed E-state index contributed by atoms with van der Waals surface area (Å²) in [6.07, 6.45) is 9.21. The number of amides is 1. The molecule has 1 amide bonds. The van der Waals surface area contributed by atoms with Crippen molar-refractivity contribution in [3.63, 3.8) is 0 Å². The molecule has 3 aromatic carbocycles. The summed E-state index contributed by atoms with van der Waals surface area (Å²) >= 11 is 0. The number of ether oxygens (including phenoxy) is 4. The lowest BCUT2D eigenvalue weighted by Crippen LogP contribution is -2.47. The number of phenolic OH excluding ortho intramolecular Hbond substituents is 1. The van der Waals surface area contributed by atoms with Crippen molar-refractivity contribution >= 4 is 62.0 Å². The molecule has 1 saturated heterocycles. The molecule has 0 unspecified atom stereocenters. The molecule has 0 saturated carbocycles. The maximum Gasteiger partial charge on any atom is 0.312 e. The zero-order valence-electron chi connectivity index (χ0n) is 41.9. The monoisotopic (exact) mass is 976 g/mol. The Hall–Kier alpha value is -6.60. The zero-order chi connectivity index (χ0) is 51.2. The molecule has 4 N–H and O–H groups in total. The molecule has 8 rings (SSSR count). The molecule has 3 aliphatic rings. The Kier molecular flexibility index (Phi) is 14.5. The molecule has 18 heteroatoms. The average molecular weight is 977 g/mol. The molecule has 2 aromatic heterocycles. The normalized spacial score (nSPS) is 28.7. The van der Waals surface area contributed by atoms with Crippen LogP contribution in [0.4, 0.5) is 11.4 Å². The van der Waals surface area contributed by atoms with Crippen LogP contribution in [-0.2, 0) is 30.3 Å². The van der Waals surface area contributed by atoms with E-state index >= 15 is 0 Å². The molecular formula is C53H64N6O12. The number of hydrogen-bond acceptors (Lipinski definition) is 16. The van der Waals surface area contributed by atoms with Gasteiger partial charge in [-0.15, -0.1) is 0 Å². The fourth-order valence-corrected chi connectivity index (χ4v) is 10.1. The lowest BCUT2D eigenvalue weighted by atomic mass is 9.78. The molecule has 0 radical (unpaired) electrons. The number of carbonyl (C=O) groups excluding carboxylic acids is 3. The van der Waals surface area contributed by atoms with Crippen molar-refractivity contribution in [3.05, 3.63) is 93.9 Å². The quantitative estimate of drug-likeness (QED) is 0.0631. The van der Waals surface area contributed by atoms with E-state index in [0.717, 1.165) is 50.5 Å². The molecule has 3 aliphatic heterocycles. The van der Waals surface area contributed by atoms with Crippen LogP contribution >= 0.6 is 0 Å². The van der Waals surface area contributed by atoms with Crippen LogP contribution in [0.15, 0.2) is 76.2 Å². The Labute approximate surface area is 411 Å². The van der Waals surface area contributed by atoms with E-state index in [2.05, 4.69) is 24.7 Å². The molecule has 5 aromatic rings. The molecule has 0 spiro atoms. The van der Waals surface area contributed by atoms with Gasteiger partial charge >= 0.3 is 11.8 Å². The molecule has 1 fully saturated rings. The van der Waals surface area contributed by atoms with Crippen LogP contribution < -0.4 is 20.4 Å². The van der Waals surface area contributed by atoms with Gasteiger partial charge in [-0.2, -0.15) is 0 Å². The molecule has 5 heterocycles. The number of methoxy groups -OCH3 is 1. The summed E-state index contributed by atoms with van der Waals surface area (Å²) < 4.78 is 32.8. The number of Topliss-reactive ketones (excluding diaryl/α,β-unsaturated/α-hetero) is 1. The van der Waals surface area contributed by atoms with Gasteiger partial charge < -0.3 is 53.5 Å². The molecular weight excluding hydrogens is 913 g/mol. The smallest absolute Gasteiger partial charge is 0.312 e. The molecule has 71 heavy (non-hydrogen) atoms. The van der Waals surface area contributed by atoms with Crippen molar-refractivity contribution in [1.82, 2.24) is 19.4 Å². The SMILES string of the molecule is CO[C@H]1/C=C/O[C@@]2(C)Oc3c(C)c(=O)c4c(O)c(c5oc6cc(N7CCN(CCn8ccnc8)CC7)cc(C)c6nc5c4c3C2=O)NC(=O)/C(C)=C\C=C\[C@H](C)[C@H](O)[C@@H](C)[C@@H](O)[C@@H](C)[C@H](OC(C)=O)[C@@H]1C. The van der Waals surface area contributed by atoms with E-state index in [1.54, 1.807) is 53.0 Å². The number of ketones is 1. The Morgan fingerprint density at radius 3 is 2.35 bits per heavy atom. The maximum atomic E-state index is 14.9. The summed E-state index contributed by atoms with van der Waals surface area (Å²) in [4.78, 5) is 70.0. The number of aliphatic hydroxyl groups is 2. The number of esters is 1. The number of nitrogens with one attached hydrogen (secondary N) is 1. The molecule has 18 nitrogen and oxygen atoms in total. The van der Waals surface area contributed by atoms with Crippen molar-refractivity contribution in [2.45, 2.75) is 99.1 Å². The number of benzene rings is 3. The third-order valence-corrected chi connectivity index (χ3v) is 14.6. The number of rotatable bonds is 6. The van der Waals surface area contributed by atoms with E-state index < -0.39 is 82.7 Å². The van der Waals surface area contributed by atoms with Gasteiger partial charge in [-0.1, -0.05) is 45.9 Å². The van der Waals surface area contributed by atoms with Crippen LogP contribution in [0.25, 0.3) is 33.0 Å². The minimum atomic E-state index is -2.05. The lowest BCUT2D eigenvalue weighted by Gasteiger charge is -2.38. The number of nitrogens with zero attached hydrogens (tertiary/aromatic N) is 5. The first kappa shape index (κ1) is 50.8. The third-order valence-electron chi connectivity index (χ3n) is 14.6. The molecule has 378 valence electrons. The van der Waals surface area contributed by atoms with Crippen molar-refractivity contribution in [2.24, 2.45) is 23.7 Å². The van der Waals surface area contributed by atoms with E-state index in [1.807, 2.05) is 31.6 Å². The number of aryl methyl sites for hydroxylation is 1. The first-order valence-corrected chi connectivity index (χ1v) is 24.1. The molecule has 4 bridgehead atoms. The van der Waals surface area contributed by atoms with E-state index in [9.17, 15) is 34.5 Å². The Bertz CT molecular complexity index is 3030. The lowest BCUT2D eigenvalue weighted by molar-refractivity contribution is -0.160. The minimum Gasteiger partial charge on any atom is -0.505 e. The highest BCUT2D eigenvalue weighted by molar-refractivity contribution is 6.26. The van der Waals surface area contributed by atoms with Crippen LogP contribution in [-0.4, -0.2) is 122 Å². The fourth-order valence-electron chi connectivity index (χ4n) is 10.1. The zero-order valence-corrected chi connectivity index (χ0v) is 41.9. The number of fused-ring (bicyclic) bond motifs is 2. The number of hydrogen-bond donors (Lipinski definition) is 4. The number of anilines is 2. The number of carbonyl (C=O) groups is 3. The Morgan fingerprint density at radius 2 is 1.68 bits per heavy atom. The van der Waals surface area contributed by atoms with E-state index in [-0.39, 0.29) is 50.0 Å². The standard InChI is InChI=1S/C53H64N6O12/c1-27-12-11-13-28(2)52(66)56-43-47(64)39-38(42-50(43)70-37-25-35(24-29(3)41(37)55-42)59-21-19-57(20-22-59)17-18-58-16-15-54-26-58)40-49(33(7)46(39)63)71-53(9,51(40)65)68-23-14-36(67-10)30(4)48(69-34(8)60)32(6)45(62)31(5)44(27)61/h11-16,23-27,30-32,36,44-45,48,61-62,64H,17-22H2,1-10H3,(H,56,66)/b12-11+,23-14+,28-13-/t27-,30+,31+,32+,36-,44-,45+,48+,53-/m0/s1. The first-order chi connectivity index (χ1) is 33.7. The van der Waals surface area contributed by atoms with Crippen LogP contribution in [0.2, 0.25) is 0 Å². The first-order valence-electron chi connectivity index (χ1n) is 24.1. The molecule has 9 atom stereocenters. The number of aromatic hydroxyl groups is 1. The number of aromatic nitrogens is 3. The second kappa shape index (κ2) is 20.3. The van der Waals surface area contributed by atoms with E-state index in [4.69, 9.17) is 28.3 Å². The highest BCUT2D eigenvalue weighted by Crippen LogP contribution is 2.49. The van der Waals surface area contributed by atoms with Crippen LogP contribution in [0.5, 0.6) is 11.5 Å². The molecule has 0 aliphatic carbocycles. The number of imidazole rings is 1. The summed E-state index contributed by atoms with van der Waals surface area (Å²) in [7, 11) is 1.45. The largest absolute Gasteiger partial charge is 0.505 e. The summed E-state index contributed by atoms with van der Waals surface area (Å²) in [5.41, 5.74) is 1.50. The third kappa shape index (κ3) is 9.65. The van der Waals surface area contributed by atoms with Crippen molar-refractivity contribution in [3.8, 4) is 11.5 Å². The number of allylic oxidation sites excluding steroid dienone is 2. The van der Waals surface area contributed by atoms with E-state index in [0.29, 0.717) is 11.1 Å². The maximum absolute atomic E-state index is 14.9. The predicted octanol–water partition coefficient (Wildman–Crippen LogP) is 6.32. The summed E-state index contributed by atoms with van der Waals surface area (Å²) in [6, 6.07) is 3.87. The van der Waals surface area contributed by atoms with Gasteiger partial charge in [-0.05, 0) is 38.5 Å². The van der Waals surface area contributed by atoms with Gasteiger partial charge in [-0.25, -0.2) is 9.97 Å². The minimum absolute atomic E-state index is 0.00175. The van der Waals surface area contributed by atoms with Crippen LogP contribution in [0.3, 0.4) is 0 Å². The second-order valence-electron chi connectivity index (χ2n) is 19.5. The van der Waals surface area contributed by atoms with Gasteiger partial charge in [0.15, 0.2) is 22.3 Å². The van der Waals surface area contributed by atoms with Gasteiger partial charge in [0.05, 0.1) is 41.9 Å². The van der Waals surface area contributed by atoms with Crippen molar-refractivity contribution in [2.75, 3.05) is 50.1 Å². The summed E-state index contributed by atoms with van der Waals surface area (Å²) in [6.45, 7) is 19.4. The topological polar surface area (TPSA) is 228 Å². The fraction of sp³-hybridized carbons (Fsp3) is 0.472. The summed E-state index contributed by atoms with van der Waals surface area (Å²) in [5, 5.41) is 37.9. The Morgan fingerprint density at radius 1 is 0.944 bits per heavy atom. The highest BCUT2D eigenvalue weighted by Gasteiger charge is 2.50. The van der Waals surface area contributed by atoms with Crippen molar-refractivity contribution < 1.29 is 53.1 Å². The number of phenols is 1. The van der Waals surface area contributed by atoms with Gasteiger partial charge in [0.2, 0.25) is 0 Å². The van der Waals surface area contributed by atoms with Crippen LogP contribution in [0.1, 0.15) is 70.0 Å². The van der Waals surface area contributed by atoms with E-state index in [1.165, 1.54) is 46.3 Å². The second-order valence-corrected chi connectivity index (χ2v) is 19.5. The predicted molar refractivity (Wildman–Crippen MR) is 267 cm³/mol. The highest BCUT2D eigenvalue weighted by atomic mass is 16.7. The van der Waals surface area contributed by atoms with Gasteiger partial charge in [0.25, 0.3) is 11.7 Å². The van der Waals surface area contributed by atoms with Gasteiger partial charge in [-0.3, -0.25) is 24.1 Å².